The average molecular weight is 265 g/mol. The molecule has 1 heterocycles. The molecule has 1 aromatic rings. The molecule has 0 amide bonds. The number of benzene rings is 1. The van der Waals surface area contributed by atoms with Gasteiger partial charge in [0.2, 0.25) is 10.0 Å². The smallest absolute Gasteiger partial charge is 0.207 e. The van der Waals surface area contributed by atoms with Crippen molar-refractivity contribution in [3.8, 4) is 0 Å². The van der Waals surface area contributed by atoms with Crippen LogP contribution in [-0.4, -0.2) is 25.8 Å². The fraction of sp³-hybridized carbons (Fsp3) is 0.429. The molecule has 0 spiro atoms. The maximum Gasteiger partial charge on any atom is 0.243 e. The Morgan fingerprint density at radius 1 is 1.28 bits per heavy atom. The monoisotopic (exact) mass is 265 g/mol. The Bertz CT molecular complexity index is 533. The topological polar surface area (TPSA) is 37.4 Å². The third-order valence-corrected chi connectivity index (χ3v) is 5.44. The Kier molecular flexibility index (Phi) is 3.59. The second kappa shape index (κ2) is 4.86. The van der Waals surface area contributed by atoms with Crippen molar-refractivity contribution in [1.82, 2.24) is 4.31 Å². The number of rotatable bonds is 3. The van der Waals surface area contributed by atoms with E-state index >= 15 is 0 Å². The molecule has 2 rings (SSSR count). The van der Waals surface area contributed by atoms with Gasteiger partial charge in [-0.15, -0.1) is 6.58 Å². The Labute approximate surface area is 109 Å². The Morgan fingerprint density at radius 3 is 2.39 bits per heavy atom. The number of nitrogens with zero attached hydrogens (tertiary/aromatic N) is 1. The third-order valence-electron chi connectivity index (χ3n) is 3.60. The van der Waals surface area contributed by atoms with E-state index in [0.29, 0.717) is 23.9 Å². The van der Waals surface area contributed by atoms with E-state index in [1.807, 2.05) is 25.1 Å². The number of hydrogen-bond donors (Lipinski definition) is 0. The molecular formula is C14H19NO2S. The molecule has 0 radical (unpaired) electrons. The zero-order valence-corrected chi connectivity index (χ0v) is 11.7. The van der Waals surface area contributed by atoms with E-state index in [1.165, 1.54) is 0 Å². The average Bonchev–Trinajstić information content (AvgIpc) is 2.72. The van der Waals surface area contributed by atoms with Crippen LogP contribution in [-0.2, 0) is 10.0 Å². The molecule has 4 heteroatoms. The largest absolute Gasteiger partial charge is 0.243 e. The van der Waals surface area contributed by atoms with Crippen LogP contribution in [0, 0.1) is 18.8 Å². The standard InChI is InChI=1S/C14H19NO2S/c1-4-13-10-15(9-12(13)3)18(16,17)14-7-5-11(2)6-8-14/h4-8,12-13H,1,9-10H2,2-3H3/t12-,13+/m1/s1. The number of sulfonamides is 1. The molecule has 1 saturated heterocycles. The maximum absolute atomic E-state index is 12.4. The second-order valence-corrected chi connectivity index (χ2v) is 6.95. The summed E-state index contributed by atoms with van der Waals surface area (Å²) in [6.45, 7) is 8.90. The minimum Gasteiger partial charge on any atom is -0.207 e. The molecule has 1 fully saturated rings. The van der Waals surface area contributed by atoms with Crippen LogP contribution < -0.4 is 0 Å². The van der Waals surface area contributed by atoms with Gasteiger partial charge in [0.1, 0.15) is 0 Å². The van der Waals surface area contributed by atoms with Crippen LogP contribution in [0.1, 0.15) is 12.5 Å². The van der Waals surface area contributed by atoms with Gasteiger partial charge < -0.3 is 0 Å². The summed E-state index contributed by atoms with van der Waals surface area (Å²) in [6, 6.07) is 7.02. The second-order valence-electron chi connectivity index (χ2n) is 5.01. The number of hydrogen-bond acceptors (Lipinski definition) is 2. The van der Waals surface area contributed by atoms with Gasteiger partial charge in [-0.25, -0.2) is 8.42 Å². The van der Waals surface area contributed by atoms with Gasteiger partial charge in [0.05, 0.1) is 4.90 Å². The van der Waals surface area contributed by atoms with Crippen molar-refractivity contribution in [3.05, 3.63) is 42.5 Å². The Morgan fingerprint density at radius 2 is 1.89 bits per heavy atom. The van der Waals surface area contributed by atoms with Gasteiger partial charge in [0.25, 0.3) is 0 Å². The lowest BCUT2D eigenvalue weighted by atomic mass is 9.99. The van der Waals surface area contributed by atoms with Crippen molar-refractivity contribution in [1.29, 1.82) is 0 Å². The number of aryl methyl sites for hydroxylation is 1. The molecule has 0 bridgehead atoms. The summed E-state index contributed by atoms with van der Waals surface area (Å²) >= 11 is 0. The van der Waals surface area contributed by atoms with Crippen molar-refractivity contribution in [2.24, 2.45) is 11.8 Å². The molecule has 0 saturated carbocycles. The normalized spacial score (nSPS) is 25.2. The molecule has 2 atom stereocenters. The Hall–Kier alpha value is -1.13. The molecule has 1 aliphatic heterocycles. The first-order valence-corrected chi connectivity index (χ1v) is 7.58. The first-order valence-electron chi connectivity index (χ1n) is 6.14. The minimum absolute atomic E-state index is 0.255. The van der Waals surface area contributed by atoms with E-state index in [9.17, 15) is 8.42 Å². The summed E-state index contributed by atoms with van der Waals surface area (Å²) in [6.07, 6.45) is 1.86. The molecular weight excluding hydrogens is 246 g/mol. The van der Waals surface area contributed by atoms with E-state index in [1.54, 1.807) is 16.4 Å². The van der Waals surface area contributed by atoms with E-state index in [4.69, 9.17) is 0 Å². The molecule has 0 N–H and O–H groups in total. The van der Waals surface area contributed by atoms with Crippen LogP contribution in [0.5, 0.6) is 0 Å². The van der Waals surface area contributed by atoms with Gasteiger partial charge in [-0.3, -0.25) is 0 Å². The van der Waals surface area contributed by atoms with Crippen molar-refractivity contribution < 1.29 is 8.42 Å². The fourth-order valence-corrected chi connectivity index (χ4v) is 3.89. The summed E-state index contributed by atoms with van der Waals surface area (Å²) < 4.78 is 26.5. The molecule has 18 heavy (non-hydrogen) atoms. The van der Waals surface area contributed by atoms with Crippen LogP contribution in [0.4, 0.5) is 0 Å². The van der Waals surface area contributed by atoms with Gasteiger partial charge in [-0.05, 0) is 30.9 Å². The molecule has 3 nitrogen and oxygen atoms in total. The predicted molar refractivity (Wildman–Crippen MR) is 72.8 cm³/mol. The molecule has 1 aromatic carbocycles. The van der Waals surface area contributed by atoms with Crippen molar-refractivity contribution >= 4 is 10.0 Å². The molecule has 98 valence electrons. The van der Waals surface area contributed by atoms with E-state index < -0.39 is 10.0 Å². The maximum atomic E-state index is 12.4. The van der Waals surface area contributed by atoms with Gasteiger partial charge in [-0.2, -0.15) is 4.31 Å². The van der Waals surface area contributed by atoms with Crippen LogP contribution in [0.25, 0.3) is 0 Å². The summed E-state index contributed by atoms with van der Waals surface area (Å²) in [5.74, 6) is 0.591. The lowest BCUT2D eigenvalue weighted by Gasteiger charge is -2.16. The van der Waals surface area contributed by atoms with E-state index in [-0.39, 0.29) is 5.92 Å². The highest BCUT2D eigenvalue weighted by molar-refractivity contribution is 7.89. The third kappa shape index (κ3) is 2.35. The van der Waals surface area contributed by atoms with Crippen LogP contribution in [0.15, 0.2) is 41.8 Å². The quantitative estimate of drug-likeness (QED) is 0.787. The Balaban J connectivity index is 2.27. The molecule has 1 aliphatic rings. The first-order chi connectivity index (χ1) is 8.45. The van der Waals surface area contributed by atoms with E-state index in [2.05, 4.69) is 13.5 Å². The zero-order chi connectivity index (χ0) is 13.3. The summed E-state index contributed by atoms with van der Waals surface area (Å²) in [5, 5.41) is 0. The highest BCUT2D eigenvalue weighted by Gasteiger charge is 2.35. The van der Waals surface area contributed by atoms with Crippen LogP contribution in [0.2, 0.25) is 0 Å². The van der Waals surface area contributed by atoms with Gasteiger partial charge in [-0.1, -0.05) is 30.7 Å². The van der Waals surface area contributed by atoms with Gasteiger partial charge in [0, 0.05) is 13.1 Å². The highest BCUT2D eigenvalue weighted by atomic mass is 32.2. The van der Waals surface area contributed by atoms with Crippen molar-refractivity contribution in [2.45, 2.75) is 18.7 Å². The summed E-state index contributed by atoms with van der Waals surface area (Å²) in [4.78, 5) is 0.380. The van der Waals surface area contributed by atoms with Crippen LogP contribution in [0.3, 0.4) is 0 Å². The van der Waals surface area contributed by atoms with Gasteiger partial charge >= 0.3 is 0 Å². The molecule has 0 aliphatic carbocycles. The molecule has 0 unspecified atom stereocenters. The van der Waals surface area contributed by atoms with Crippen molar-refractivity contribution in [3.63, 3.8) is 0 Å². The summed E-state index contributed by atoms with van der Waals surface area (Å²) in [5.41, 5.74) is 1.06. The zero-order valence-electron chi connectivity index (χ0n) is 10.8. The van der Waals surface area contributed by atoms with E-state index in [0.717, 1.165) is 5.56 Å². The first kappa shape index (κ1) is 13.3. The minimum atomic E-state index is -3.35. The fourth-order valence-electron chi connectivity index (χ4n) is 2.31. The molecule has 0 aromatic heterocycles. The highest BCUT2D eigenvalue weighted by Crippen LogP contribution is 2.28. The van der Waals surface area contributed by atoms with Crippen molar-refractivity contribution in [2.75, 3.05) is 13.1 Å². The van der Waals surface area contributed by atoms with Gasteiger partial charge in [0.15, 0.2) is 0 Å². The predicted octanol–water partition coefficient (Wildman–Crippen LogP) is 2.44. The van der Waals surface area contributed by atoms with Crippen LogP contribution >= 0.6 is 0 Å². The SMILES string of the molecule is C=C[C@H]1CN(S(=O)(=O)c2ccc(C)cc2)C[C@H]1C. The summed E-state index contributed by atoms with van der Waals surface area (Å²) in [7, 11) is -3.35. The lowest BCUT2D eigenvalue weighted by Crippen LogP contribution is -2.29. The lowest BCUT2D eigenvalue weighted by molar-refractivity contribution is 0.464.